The van der Waals surface area contributed by atoms with Gasteiger partial charge in [0.25, 0.3) is 0 Å². The molecule has 0 spiro atoms. The quantitative estimate of drug-likeness (QED) is 0.646. The van der Waals surface area contributed by atoms with Gasteiger partial charge in [0.05, 0.1) is 0 Å². The number of nitrogens with one attached hydrogen (secondary N) is 2. The van der Waals surface area contributed by atoms with Crippen LogP contribution in [0.4, 0.5) is 0 Å². The molecule has 1 aliphatic heterocycles. The van der Waals surface area contributed by atoms with Crippen molar-refractivity contribution in [3.8, 4) is 0 Å². The molecule has 1 saturated heterocycles. The molecule has 3 atom stereocenters. The van der Waals surface area contributed by atoms with Crippen LogP contribution in [0.2, 0.25) is 0 Å². The first-order valence-electron chi connectivity index (χ1n) is 8.40. The van der Waals surface area contributed by atoms with E-state index in [0.717, 1.165) is 11.3 Å². The molecule has 0 aliphatic carbocycles. The van der Waals surface area contributed by atoms with Crippen LogP contribution in [0.15, 0.2) is 30.3 Å². The van der Waals surface area contributed by atoms with Crippen molar-refractivity contribution in [1.29, 1.82) is 0 Å². The summed E-state index contributed by atoms with van der Waals surface area (Å²) in [4.78, 5) is 37.6. The number of carbonyl (C=O) groups excluding carboxylic acids is 3. The molecule has 0 radical (unpaired) electrons. The Bertz CT molecular complexity index is 596. The number of likely N-dealkylation sites (tertiary alicyclic amines) is 1. The highest BCUT2D eigenvalue weighted by molar-refractivity contribution is 7.98. The fraction of sp³-hybridized carbons (Fsp3) is 0.500. The number of hydrogen-bond donors (Lipinski definition) is 2. The molecule has 25 heavy (non-hydrogen) atoms. The molecule has 7 heteroatoms. The van der Waals surface area contributed by atoms with Crippen LogP contribution in [0, 0.1) is 0 Å². The van der Waals surface area contributed by atoms with Crippen LogP contribution >= 0.6 is 11.8 Å². The fourth-order valence-electron chi connectivity index (χ4n) is 3.00. The maximum Gasteiger partial charge on any atom is 0.245 e. The van der Waals surface area contributed by atoms with E-state index < -0.39 is 12.1 Å². The van der Waals surface area contributed by atoms with E-state index >= 15 is 0 Å². The lowest BCUT2D eigenvalue weighted by atomic mass is 10.1. The van der Waals surface area contributed by atoms with Gasteiger partial charge >= 0.3 is 0 Å². The maximum atomic E-state index is 12.7. The zero-order chi connectivity index (χ0) is 18.2. The predicted octanol–water partition coefficient (Wildman–Crippen LogP) is 1.16. The van der Waals surface area contributed by atoms with Crippen molar-refractivity contribution in [2.45, 2.75) is 44.4 Å². The Labute approximate surface area is 152 Å². The molecule has 1 aromatic rings. The van der Waals surface area contributed by atoms with Crippen molar-refractivity contribution in [1.82, 2.24) is 15.5 Å². The third kappa shape index (κ3) is 5.22. The third-order valence-electron chi connectivity index (χ3n) is 4.40. The van der Waals surface area contributed by atoms with E-state index in [1.54, 1.807) is 16.7 Å². The van der Waals surface area contributed by atoms with Crippen LogP contribution < -0.4 is 10.6 Å². The highest BCUT2D eigenvalue weighted by Gasteiger charge is 2.38. The smallest absolute Gasteiger partial charge is 0.245 e. The normalized spacial score (nSPS) is 21.0. The second-order valence-electron chi connectivity index (χ2n) is 6.22. The van der Waals surface area contributed by atoms with Gasteiger partial charge in [-0.1, -0.05) is 30.3 Å². The summed E-state index contributed by atoms with van der Waals surface area (Å²) in [5, 5.41) is 5.35. The minimum atomic E-state index is -0.601. The van der Waals surface area contributed by atoms with Gasteiger partial charge in [-0.25, -0.2) is 0 Å². The molecule has 3 unspecified atom stereocenters. The van der Waals surface area contributed by atoms with Crippen molar-refractivity contribution in [3.05, 3.63) is 35.9 Å². The minimum absolute atomic E-state index is 0.0571. The molecule has 0 aromatic heterocycles. The summed E-state index contributed by atoms with van der Waals surface area (Å²) in [5.74, 6) is 0.390. The number of hydrogen-bond acceptors (Lipinski definition) is 4. The number of amides is 3. The molecule has 1 aliphatic rings. The van der Waals surface area contributed by atoms with E-state index in [9.17, 15) is 14.4 Å². The minimum Gasteiger partial charge on any atom is -0.347 e. The number of rotatable bonds is 9. The monoisotopic (exact) mass is 363 g/mol. The van der Waals surface area contributed by atoms with Crippen LogP contribution in [0.5, 0.6) is 0 Å². The van der Waals surface area contributed by atoms with E-state index in [0.29, 0.717) is 25.8 Å². The van der Waals surface area contributed by atoms with Crippen molar-refractivity contribution in [3.63, 3.8) is 0 Å². The Kier molecular flexibility index (Phi) is 7.31. The van der Waals surface area contributed by atoms with Crippen LogP contribution in [-0.4, -0.2) is 53.3 Å². The molecular weight excluding hydrogens is 338 g/mol. The molecule has 0 bridgehead atoms. The number of thioether (sulfide) groups is 1. The van der Waals surface area contributed by atoms with E-state index in [1.807, 2.05) is 43.5 Å². The third-order valence-corrected chi connectivity index (χ3v) is 5.04. The highest BCUT2D eigenvalue weighted by Crippen LogP contribution is 2.22. The van der Waals surface area contributed by atoms with Crippen LogP contribution in [0.1, 0.15) is 25.3 Å². The molecule has 3 amide bonds. The first kappa shape index (κ1) is 19.3. The lowest BCUT2D eigenvalue weighted by molar-refractivity contribution is -0.134. The Morgan fingerprint density at radius 3 is 2.76 bits per heavy atom. The summed E-state index contributed by atoms with van der Waals surface area (Å²) < 4.78 is 0. The Hall–Kier alpha value is -2.02. The van der Waals surface area contributed by atoms with Crippen LogP contribution in [-0.2, 0) is 20.9 Å². The lowest BCUT2D eigenvalue weighted by Crippen LogP contribution is -2.50. The van der Waals surface area contributed by atoms with Crippen LogP contribution in [0.25, 0.3) is 0 Å². The largest absolute Gasteiger partial charge is 0.347 e. The molecule has 2 N–H and O–H groups in total. The highest BCUT2D eigenvalue weighted by atomic mass is 32.2. The standard InChI is InChI=1S/C18H25N3O3S/c1-13-10-16(20-17(23)15(19-12-22)8-9-25-2)18(24)21(13)11-14-6-4-3-5-7-14/h3-7,12-13,15-16H,8-11H2,1-2H3,(H,19,22)(H,20,23). The summed E-state index contributed by atoms with van der Waals surface area (Å²) in [5.41, 5.74) is 1.06. The van der Waals surface area contributed by atoms with Gasteiger partial charge in [0.15, 0.2) is 0 Å². The van der Waals surface area contributed by atoms with E-state index in [4.69, 9.17) is 0 Å². The van der Waals surface area contributed by atoms with Crippen molar-refractivity contribution >= 4 is 30.0 Å². The zero-order valence-corrected chi connectivity index (χ0v) is 15.4. The summed E-state index contributed by atoms with van der Waals surface area (Å²) in [6.45, 7) is 2.53. The summed E-state index contributed by atoms with van der Waals surface area (Å²) in [7, 11) is 0. The topological polar surface area (TPSA) is 78.5 Å². The zero-order valence-electron chi connectivity index (χ0n) is 14.6. The summed E-state index contributed by atoms with van der Waals surface area (Å²) >= 11 is 1.61. The SMILES string of the molecule is CSCCC(NC=O)C(=O)NC1CC(C)N(Cc2ccccc2)C1=O. The van der Waals surface area contributed by atoms with Gasteiger partial charge in [-0.15, -0.1) is 0 Å². The molecule has 2 rings (SSSR count). The molecule has 0 saturated carbocycles. The molecular formula is C18H25N3O3S. The number of carbonyl (C=O) groups is 3. The lowest BCUT2D eigenvalue weighted by Gasteiger charge is -2.22. The molecule has 1 fully saturated rings. The van der Waals surface area contributed by atoms with Gasteiger partial charge in [0, 0.05) is 12.6 Å². The summed E-state index contributed by atoms with van der Waals surface area (Å²) in [6.07, 6.45) is 3.59. The van der Waals surface area contributed by atoms with Gasteiger partial charge in [0.1, 0.15) is 12.1 Å². The first-order chi connectivity index (χ1) is 12.1. The van der Waals surface area contributed by atoms with Gasteiger partial charge in [-0.3, -0.25) is 14.4 Å². The van der Waals surface area contributed by atoms with E-state index in [1.165, 1.54) is 0 Å². The average Bonchev–Trinajstić information content (AvgIpc) is 2.87. The second-order valence-corrected chi connectivity index (χ2v) is 7.20. The summed E-state index contributed by atoms with van der Waals surface area (Å²) in [6, 6.07) is 8.73. The second kappa shape index (κ2) is 9.46. The Balaban J connectivity index is 1.97. The predicted molar refractivity (Wildman–Crippen MR) is 99.0 cm³/mol. The Morgan fingerprint density at radius 1 is 1.40 bits per heavy atom. The van der Waals surface area contributed by atoms with Gasteiger partial charge in [-0.2, -0.15) is 11.8 Å². The molecule has 1 aromatic carbocycles. The van der Waals surface area contributed by atoms with Crippen LogP contribution in [0.3, 0.4) is 0 Å². The molecule has 6 nitrogen and oxygen atoms in total. The first-order valence-corrected chi connectivity index (χ1v) is 9.79. The fourth-order valence-corrected chi connectivity index (χ4v) is 3.47. The number of nitrogens with zero attached hydrogens (tertiary/aromatic N) is 1. The number of benzene rings is 1. The van der Waals surface area contributed by atoms with Gasteiger partial charge in [-0.05, 0) is 37.3 Å². The molecule has 136 valence electrons. The van der Waals surface area contributed by atoms with Gasteiger partial charge in [0.2, 0.25) is 18.2 Å². The van der Waals surface area contributed by atoms with Gasteiger partial charge < -0.3 is 15.5 Å². The van der Waals surface area contributed by atoms with E-state index in [2.05, 4.69) is 10.6 Å². The van der Waals surface area contributed by atoms with Crippen molar-refractivity contribution in [2.75, 3.05) is 12.0 Å². The van der Waals surface area contributed by atoms with E-state index in [-0.39, 0.29) is 17.9 Å². The maximum absolute atomic E-state index is 12.7. The van der Waals surface area contributed by atoms with Crippen molar-refractivity contribution in [2.24, 2.45) is 0 Å². The average molecular weight is 363 g/mol. The Morgan fingerprint density at radius 2 is 2.12 bits per heavy atom. The molecule has 1 heterocycles. The van der Waals surface area contributed by atoms with Crippen molar-refractivity contribution < 1.29 is 14.4 Å².